The van der Waals surface area contributed by atoms with Crippen LogP contribution in [0.25, 0.3) is 0 Å². The Balaban J connectivity index is 2.29. The topological polar surface area (TPSA) is 64.7 Å². The third-order valence-electron chi connectivity index (χ3n) is 2.09. The lowest BCUT2D eigenvalue weighted by Gasteiger charge is -2.41. The van der Waals surface area contributed by atoms with Gasteiger partial charge < -0.3 is 20.3 Å². The van der Waals surface area contributed by atoms with Gasteiger partial charge in [-0.15, -0.1) is 0 Å². The van der Waals surface area contributed by atoms with Gasteiger partial charge >= 0.3 is 0 Å². The molecule has 0 aromatic rings. The summed E-state index contributed by atoms with van der Waals surface area (Å²) in [6, 6.07) is -0.361. The van der Waals surface area contributed by atoms with E-state index in [0.717, 1.165) is 0 Å². The van der Waals surface area contributed by atoms with Gasteiger partial charge in [0.1, 0.15) is 5.60 Å². The molecule has 0 bridgehead atoms. The molecule has 0 saturated carbocycles. The van der Waals surface area contributed by atoms with Gasteiger partial charge in [0.15, 0.2) is 0 Å². The fraction of sp³-hybridized carbons (Fsp3) is 1.00. The molecule has 0 aliphatic carbocycles. The lowest BCUT2D eigenvalue weighted by atomic mass is 9.93. The summed E-state index contributed by atoms with van der Waals surface area (Å²) in [5.41, 5.74) is 4.69. The molecule has 0 aromatic heterocycles. The monoisotopic (exact) mass is 189 g/mol. The Hall–Kier alpha value is -0.160. The van der Waals surface area contributed by atoms with Crippen LogP contribution in [0.15, 0.2) is 0 Å². The molecule has 1 rings (SSSR count). The standard InChI is InChI=1S/C9H19NO3/c1-8(2,3)13-4-7(10)9(11)5-12-6-9/h7,11H,4-6,10H2,1-3H3/t7-/m1/s1. The molecule has 1 aliphatic rings. The zero-order chi connectivity index (χ0) is 10.1. The molecule has 1 fully saturated rings. The van der Waals surface area contributed by atoms with Gasteiger partial charge in [0, 0.05) is 0 Å². The Labute approximate surface area is 79.0 Å². The molecular formula is C9H19NO3. The maximum Gasteiger partial charge on any atom is 0.128 e. The molecule has 1 atom stereocenters. The SMILES string of the molecule is CC(C)(C)OC[C@@H](N)C1(O)COC1. The Bertz CT molecular complexity index is 172. The second kappa shape index (κ2) is 3.53. The van der Waals surface area contributed by atoms with Gasteiger partial charge in [-0.1, -0.05) is 0 Å². The first-order valence-electron chi connectivity index (χ1n) is 4.53. The minimum Gasteiger partial charge on any atom is -0.383 e. The average molecular weight is 189 g/mol. The summed E-state index contributed by atoms with van der Waals surface area (Å²) < 4.78 is 10.4. The lowest BCUT2D eigenvalue weighted by Crippen LogP contribution is -2.63. The fourth-order valence-corrected chi connectivity index (χ4v) is 1.02. The molecule has 0 radical (unpaired) electrons. The number of ether oxygens (including phenoxy) is 2. The van der Waals surface area contributed by atoms with E-state index in [1.54, 1.807) is 0 Å². The number of rotatable bonds is 3. The van der Waals surface area contributed by atoms with Gasteiger partial charge in [0.2, 0.25) is 0 Å². The van der Waals surface area contributed by atoms with Crippen molar-refractivity contribution in [2.24, 2.45) is 5.73 Å². The number of hydrogen-bond acceptors (Lipinski definition) is 4. The highest BCUT2D eigenvalue weighted by Gasteiger charge is 2.42. The van der Waals surface area contributed by atoms with Crippen LogP contribution >= 0.6 is 0 Å². The molecule has 4 heteroatoms. The zero-order valence-corrected chi connectivity index (χ0v) is 8.54. The van der Waals surface area contributed by atoms with Crippen LogP contribution < -0.4 is 5.73 Å². The molecular weight excluding hydrogens is 170 g/mol. The second-order valence-electron chi connectivity index (χ2n) is 4.63. The predicted molar refractivity (Wildman–Crippen MR) is 49.4 cm³/mol. The van der Waals surface area contributed by atoms with E-state index < -0.39 is 5.60 Å². The summed E-state index contributed by atoms with van der Waals surface area (Å²) in [5.74, 6) is 0. The van der Waals surface area contributed by atoms with E-state index in [-0.39, 0.29) is 11.6 Å². The van der Waals surface area contributed by atoms with E-state index in [0.29, 0.717) is 19.8 Å². The Morgan fingerprint density at radius 3 is 2.38 bits per heavy atom. The highest BCUT2D eigenvalue weighted by atomic mass is 16.5. The minimum atomic E-state index is -0.870. The Morgan fingerprint density at radius 1 is 1.54 bits per heavy atom. The second-order valence-corrected chi connectivity index (χ2v) is 4.63. The first-order valence-corrected chi connectivity index (χ1v) is 4.53. The van der Waals surface area contributed by atoms with Crippen molar-refractivity contribution in [3.63, 3.8) is 0 Å². The highest BCUT2D eigenvalue weighted by Crippen LogP contribution is 2.21. The molecule has 1 heterocycles. The van der Waals surface area contributed by atoms with Crippen molar-refractivity contribution >= 4 is 0 Å². The Kier molecular flexibility index (Phi) is 2.97. The zero-order valence-electron chi connectivity index (χ0n) is 8.54. The van der Waals surface area contributed by atoms with Crippen molar-refractivity contribution in [1.82, 2.24) is 0 Å². The molecule has 1 aliphatic heterocycles. The van der Waals surface area contributed by atoms with Crippen molar-refractivity contribution in [1.29, 1.82) is 0 Å². The van der Waals surface area contributed by atoms with Gasteiger partial charge in [-0.2, -0.15) is 0 Å². The van der Waals surface area contributed by atoms with Crippen molar-refractivity contribution in [2.75, 3.05) is 19.8 Å². The van der Waals surface area contributed by atoms with Gasteiger partial charge in [-0.05, 0) is 20.8 Å². The van der Waals surface area contributed by atoms with Crippen LogP contribution in [0.1, 0.15) is 20.8 Å². The average Bonchev–Trinajstić information content (AvgIpc) is 1.94. The highest BCUT2D eigenvalue weighted by molar-refractivity contribution is 4.95. The molecule has 13 heavy (non-hydrogen) atoms. The molecule has 0 unspecified atom stereocenters. The first kappa shape index (κ1) is 10.9. The van der Waals surface area contributed by atoms with Crippen molar-refractivity contribution < 1.29 is 14.6 Å². The molecule has 1 saturated heterocycles. The third kappa shape index (κ3) is 2.91. The van der Waals surface area contributed by atoms with Gasteiger partial charge in [0.25, 0.3) is 0 Å². The number of hydrogen-bond donors (Lipinski definition) is 2. The summed E-state index contributed by atoms with van der Waals surface area (Å²) in [5, 5.41) is 9.75. The van der Waals surface area contributed by atoms with Gasteiger partial charge in [0.05, 0.1) is 31.5 Å². The third-order valence-corrected chi connectivity index (χ3v) is 2.09. The van der Waals surface area contributed by atoms with Crippen LogP contribution in [0.5, 0.6) is 0 Å². The normalized spacial score (nSPS) is 23.8. The van der Waals surface area contributed by atoms with E-state index in [9.17, 15) is 5.11 Å². The molecule has 0 spiro atoms. The van der Waals surface area contributed by atoms with E-state index >= 15 is 0 Å². The lowest BCUT2D eigenvalue weighted by molar-refractivity contribution is -0.200. The quantitative estimate of drug-likeness (QED) is 0.650. The summed E-state index contributed by atoms with van der Waals surface area (Å²) in [6.45, 7) is 6.88. The maximum atomic E-state index is 9.75. The molecule has 3 N–H and O–H groups in total. The molecule has 4 nitrogen and oxygen atoms in total. The molecule has 78 valence electrons. The van der Waals surface area contributed by atoms with Crippen LogP contribution in [-0.4, -0.2) is 42.2 Å². The minimum absolute atomic E-state index is 0.210. The fourth-order valence-electron chi connectivity index (χ4n) is 1.02. The van der Waals surface area contributed by atoms with E-state index in [1.165, 1.54) is 0 Å². The van der Waals surface area contributed by atoms with Crippen LogP contribution in [0, 0.1) is 0 Å². The first-order chi connectivity index (χ1) is 5.83. The smallest absolute Gasteiger partial charge is 0.128 e. The van der Waals surface area contributed by atoms with E-state index in [2.05, 4.69) is 0 Å². The maximum absolute atomic E-state index is 9.75. The Morgan fingerprint density at radius 2 is 2.08 bits per heavy atom. The van der Waals surface area contributed by atoms with E-state index in [1.807, 2.05) is 20.8 Å². The summed E-state index contributed by atoms with van der Waals surface area (Å²) in [7, 11) is 0. The van der Waals surface area contributed by atoms with Gasteiger partial charge in [-0.3, -0.25) is 0 Å². The molecule has 0 aromatic carbocycles. The van der Waals surface area contributed by atoms with Crippen LogP contribution in [-0.2, 0) is 9.47 Å². The van der Waals surface area contributed by atoms with Crippen LogP contribution in [0.3, 0.4) is 0 Å². The van der Waals surface area contributed by atoms with Crippen LogP contribution in [0.2, 0.25) is 0 Å². The largest absolute Gasteiger partial charge is 0.383 e. The summed E-state index contributed by atoms with van der Waals surface area (Å²) in [6.07, 6.45) is 0. The number of aliphatic hydroxyl groups is 1. The summed E-state index contributed by atoms with van der Waals surface area (Å²) >= 11 is 0. The van der Waals surface area contributed by atoms with Gasteiger partial charge in [-0.25, -0.2) is 0 Å². The van der Waals surface area contributed by atoms with Crippen LogP contribution in [0.4, 0.5) is 0 Å². The van der Waals surface area contributed by atoms with E-state index in [4.69, 9.17) is 15.2 Å². The van der Waals surface area contributed by atoms with Crippen molar-refractivity contribution in [2.45, 2.75) is 38.0 Å². The predicted octanol–water partition coefficient (Wildman–Crippen LogP) is -0.110. The summed E-state index contributed by atoms with van der Waals surface area (Å²) in [4.78, 5) is 0. The van der Waals surface area contributed by atoms with Crippen molar-refractivity contribution in [3.8, 4) is 0 Å². The molecule has 0 amide bonds. The van der Waals surface area contributed by atoms with Crippen molar-refractivity contribution in [3.05, 3.63) is 0 Å². The number of nitrogens with two attached hydrogens (primary N) is 1.